The molecule has 0 fully saturated rings. The Morgan fingerprint density at radius 1 is 1.10 bits per heavy atom. The van der Waals surface area contributed by atoms with Gasteiger partial charge in [0.05, 0.1) is 17.5 Å². The van der Waals surface area contributed by atoms with Gasteiger partial charge in [0.1, 0.15) is 17.4 Å². The highest BCUT2D eigenvalue weighted by Crippen LogP contribution is 2.27. The smallest absolute Gasteiger partial charge is 0.229 e. The van der Waals surface area contributed by atoms with Crippen molar-refractivity contribution in [2.45, 2.75) is 4.90 Å². The second-order valence-corrected chi connectivity index (χ2v) is 8.46. The number of halogens is 1. The van der Waals surface area contributed by atoms with Crippen molar-refractivity contribution in [3.63, 3.8) is 0 Å². The van der Waals surface area contributed by atoms with Crippen LogP contribution in [0.15, 0.2) is 53.6 Å². The minimum absolute atomic E-state index is 0.101. The molecule has 3 N–H and O–H groups in total. The van der Waals surface area contributed by atoms with E-state index in [0.29, 0.717) is 34.0 Å². The highest BCUT2D eigenvalue weighted by atomic mass is 32.2. The molecule has 2 heterocycles. The van der Waals surface area contributed by atoms with Crippen LogP contribution < -0.4 is 15.4 Å². The van der Waals surface area contributed by atoms with Gasteiger partial charge in [0, 0.05) is 29.6 Å². The van der Waals surface area contributed by atoms with Crippen molar-refractivity contribution in [1.29, 1.82) is 0 Å². The molecule has 0 unspecified atom stereocenters. The van der Waals surface area contributed by atoms with Gasteiger partial charge in [-0.05, 0) is 36.4 Å². The zero-order valence-electron chi connectivity index (χ0n) is 16.0. The molecule has 0 bridgehead atoms. The number of methoxy groups -OCH3 is 1. The summed E-state index contributed by atoms with van der Waals surface area (Å²) in [5.41, 5.74) is 1.12. The molecule has 9 nitrogen and oxygen atoms in total. The molecule has 4 aromatic rings. The maximum Gasteiger partial charge on any atom is 0.229 e. The number of hydrogen-bond donors (Lipinski definition) is 3. The number of anilines is 4. The third kappa shape index (κ3) is 4.15. The number of rotatable bonds is 6. The zero-order chi connectivity index (χ0) is 21.3. The summed E-state index contributed by atoms with van der Waals surface area (Å²) in [6.07, 6.45) is 2.63. The average Bonchev–Trinajstić information content (AvgIpc) is 3.09. The summed E-state index contributed by atoms with van der Waals surface area (Å²) in [5, 5.41) is 13.5. The Bertz CT molecular complexity index is 1340. The fraction of sp³-hybridized carbons (Fsp3) is 0.105. The predicted octanol–water partition coefficient (Wildman–Crippen LogP) is 3.39. The Morgan fingerprint density at radius 2 is 1.93 bits per heavy atom. The van der Waals surface area contributed by atoms with E-state index < -0.39 is 9.84 Å². The van der Waals surface area contributed by atoms with E-state index in [9.17, 15) is 12.8 Å². The summed E-state index contributed by atoms with van der Waals surface area (Å²) in [5.74, 6) is 1.04. The normalized spacial score (nSPS) is 11.4. The first-order valence-electron chi connectivity index (χ1n) is 8.72. The summed E-state index contributed by atoms with van der Waals surface area (Å²) < 4.78 is 42.5. The van der Waals surface area contributed by atoms with Crippen molar-refractivity contribution in [3.8, 4) is 5.75 Å². The molecule has 0 radical (unpaired) electrons. The zero-order valence-corrected chi connectivity index (χ0v) is 16.8. The van der Waals surface area contributed by atoms with Gasteiger partial charge in [0.2, 0.25) is 5.95 Å². The van der Waals surface area contributed by atoms with Crippen molar-refractivity contribution in [1.82, 2.24) is 20.2 Å². The van der Waals surface area contributed by atoms with E-state index >= 15 is 0 Å². The number of nitrogens with zero attached hydrogens (tertiary/aromatic N) is 3. The standard InChI is InChI=1S/C19H17FN6O3S/c1-29-13-8-12(9-14(10-13)30(2,27)28)22-19-21-6-5-17(24-19)23-18-15-7-11(20)3-4-16(15)25-26-18/h3-10H,1-2H3,(H3,21,22,23,24,25,26). The van der Waals surface area contributed by atoms with E-state index in [1.807, 2.05) is 0 Å². The molecule has 2 aromatic heterocycles. The molecule has 30 heavy (non-hydrogen) atoms. The molecule has 4 rings (SSSR count). The lowest BCUT2D eigenvalue weighted by atomic mass is 10.2. The summed E-state index contributed by atoms with van der Waals surface area (Å²) in [7, 11) is -1.98. The minimum atomic E-state index is -3.43. The highest BCUT2D eigenvalue weighted by molar-refractivity contribution is 7.90. The number of ether oxygens (including phenoxy) is 1. The fourth-order valence-electron chi connectivity index (χ4n) is 2.80. The molecule has 0 atom stereocenters. The number of aromatic amines is 1. The molecule has 11 heteroatoms. The van der Waals surface area contributed by atoms with Gasteiger partial charge in [-0.1, -0.05) is 0 Å². The van der Waals surface area contributed by atoms with Crippen molar-refractivity contribution >= 4 is 44.0 Å². The van der Waals surface area contributed by atoms with E-state index in [-0.39, 0.29) is 16.7 Å². The van der Waals surface area contributed by atoms with Gasteiger partial charge in [-0.25, -0.2) is 17.8 Å². The third-order valence-corrected chi connectivity index (χ3v) is 5.32. The molecule has 0 amide bonds. The number of aromatic nitrogens is 4. The number of hydrogen-bond acceptors (Lipinski definition) is 8. The SMILES string of the molecule is COc1cc(Nc2nccc(Nc3n[nH]c4ccc(F)cc34)n2)cc(S(C)(=O)=O)c1. The van der Waals surface area contributed by atoms with Crippen molar-refractivity contribution in [2.24, 2.45) is 0 Å². The maximum atomic E-state index is 13.6. The number of H-pyrrole nitrogens is 1. The molecule has 154 valence electrons. The van der Waals surface area contributed by atoms with E-state index in [4.69, 9.17) is 4.74 Å². The van der Waals surface area contributed by atoms with Crippen molar-refractivity contribution < 1.29 is 17.5 Å². The lowest BCUT2D eigenvalue weighted by Gasteiger charge is -2.10. The lowest BCUT2D eigenvalue weighted by Crippen LogP contribution is -2.03. The summed E-state index contributed by atoms with van der Waals surface area (Å²) in [6.45, 7) is 0. The largest absolute Gasteiger partial charge is 0.497 e. The maximum absolute atomic E-state index is 13.6. The molecule has 0 aliphatic heterocycles. The van der Waals surface area contributed by atoms with Gasteiger partial charge >= 0.3 is 0 Å². The van der Waals surface area contributed by atoms with E-state index in [2.05, 4.69) is 30.8 Å². The van der Waals surface area contributed by atoms with Gasteiger partial charge in [-0.3, -0.25) is 5.10 Å². The van der Waals surface area contributed by atoms with E-state index in [1.54, 1.807) is 18.2 Å². The van der Waals surface area contributed by atoms with Gasteiger partial charge in [-0.2, -0.15) is 10.1 Å². The van der Waals surface area contributed by atoms with Gasteiger partial charge in [-0.15, -0.1) is 0 Å². The monoisotopic (exact) mass is 428 g/mol. The quantitative estimate of drug-likeness (QED) is 0.427. The molecule has 0 aliphatic rings. The fourth-order valence-corrected chi connectivity index (χ4v) is 3.47. The van der Waals surface area contributed by atoms with Crippen LogP contribution in [0.5, 0.6) is 5.75 Å². The van der Waals surface area contributed by atoms with Crippen LogP contribution in [0.3, 0.4) is 0 Å². The average molecular weight is 428 g/mol. The van der Waals surface area contributed by atoms with E-state index in [0.717, 1.165) is 6.26 Å². The Morgan fingerprint density at radius 3 is 2.70 bits per heavy atom. The van der Waals surface area contributed by atoms with Crippen LogP contribution >= 0.6 is 0 Å². The Labute approximate surface area is 171 Å². The van der Waals surface area contributed by atoms with E-state index in [1.165, 1.54) is 37.6 Å². The first kappa shape index (κ1) is 19.6. The van der Waals surface area contributed by atoms with Crippen molar-refractivity contribution in [3.05, 3.63) is 54.5 Å². The molecule has 0 saturated carbocycles. The molecule has 2 aromatic carbocycles. The number of benzene rings is 2. The Hall–Kier alpha value is -3.73. The third-order valence-electron chi connectivity index (χ3n) is 4.23. The summed E-state index contributed by atoms with van der Waals surface area (Å²) >= 11 is 0. The Kier molecular flexibility index (Phi) is 4.96. The molecular formula is C19H17FN6O3S. The second-order valence-electron chi connectivity index (χ2n) is 6.45. The van der Waals surface area contributed by atoms with Gasteiger partial charge < -0.3 is 15.4 Å². The number of nitrogens with one attached hydrogen (secondary N) is 3. The van der Waals surface area contributed by atoms with Crippen LogP contribution in [0.4, 0.5) is 27.7 Å². The van der Waals surface area contributed by atoms with Crippen LogP contribution in [-0.2, 0) is 9.84 Å². The topological polar surface area (TPSA) is 122 Å². The second kappa shape index (κ2) is 7.59. The first-order valence-corrected chi connectivity index (χ1v) is 10.6. The lowest BCUT2D eigenvalue weighted by molar-refractivity contribution is 0.413. The van der Waals surface area contributed by atoms with Crippen LogP contribution in [-0.4, -0.2) is 41.9 Å². The van der Waals surface area contributed by atoms with Crippen LogP contribution in [0.2, 0.25) is 0 Å². The predicted molar refractivity (Wildman–Crippen MR) is 111 cm³/mol. The number of sulfone groups is 1. The summed E-state index contributed by atoms with van der Waals surface area (Å²) in [6, 6.07) is 10.4. The molecule has 0 aliphatic carbocycles. The summed E-state index contributed by atoms with van der Waals surface area (Å²) in [4.78, 5) is 8.60. The Balaban J connectivity index is 1.62. The molecule has 0 saturated heterocycles. The van der Waals surface area contributed by atoms with Gasteiger partial charge in [0.25, 0.3) is 0 Å². The first-order chi connectivity index (χ1) is 14.3. The molecular weight excluding hydrogens is 411 g/mol. The van der Waals surface area contributed by atoms with Crippen LogP contribution in [0, 0.1) is 5.82 Å². The molecule has 0 spiro atoms. The van der Waals surface area contributed by atoms with Crippen LogP contribution in [0.25, 0.3) is 10.9 Å². The van der Waals surface area contributed by atoms with Crippen molar-refractivity contribution in [2.75, 3.05) is 24.0 Å². The minimum Gasteiger partial charge on any atom is -0.497 e. The van der Waals surface area contributed by atoms with Crippen LogP contribution in [0.1, 0.15) is 0 Å². The van der Waals surface area contributed by atoms with Gasteiger partial charge in [0.15, 0.2) is 15.7 Å². The highest BCUT2D eigenvalue weighted by Gasteiger charge is 2.12. The number of fused-ring (bicyclic) bond motifs is 1.